The summed E-state index contributed by atoms with van der Waals surface area (Å²) in [6.45, 7) is 0.0634. The van der Waals surface area contributed by atoms with Crippen LogP contribution in [0.25, 0.3) is 0 Å². The number of ketones is 1. The molecule has 12 heavy (non-hydrogen) atoms. The van der Waals surface area contributed by atoms with Crippen LogP contribution in [0.15, 0.2) is 23.2 Å². The van der Waals surface area contributed by atoms with Gasteiger partial charge in [0.2, 0.25) is 0 Å². The number of rotatable bonds is 0. The Morgan fingerprint density at radius 3 is 3.00 bits per heavy atom. The van der Waals surface area contributed by atoms with Crippen molar-refractivity contribution in [3.63, 3.8) is 0 Å². The maximum atomic E-state index is 13.0. The van der Waals surface area contributed by atoms with Crippen LogP contribution in [0.5, 0.6) is 0 Å². The first-order valence-corrected chi connectivity index (χ1v) is 3.60. The van der Waals surface area contributed by atoms with Gasteiger partial charge in [0.25, 0.3) is 0 Å². The Labute approximate surface area is 68.7 Å². The molecule has 0 bridgehead atoms. The Morgan fingerprint density at radius 1 is 1.42 bits per heavy atom. The van der Waals surface area contributed by atoms with Gasteiger partial charge in [-0.25, -0.2) is 4.39 Å². The fourth-order valence-electron chi connectivity index (χ4n) is 1.25. The summed E-state index contributed by atoms with van der Waals surface area (Å²) in [5.41, 5.74) is 0.749. The minimum Gasteiger partial charge on any atom is -0.292 e. The normalized spacial score (nSPS) is 14.6. The van der Waals surface area contributed by atoms with Crippen molar-refractivity contribution in [3.8, 4) is 0 Å². The topological polar surface area (TPSA) is 29.4 Å². The highest BCUT2D eigenvalue weighted by molar-refractivity contribution is 6.08. The van der Waals surface area contributed by atoms with Crippen molar-refractivity contribution in [2.75, 3.05) is 6.54 Å². The molecular weight excluding hydrogens is 157 g/mol. The third-order valence-corrected chi connectivity index (χ3v) is 1.79. The van der Waals surface area contributed by atoms with E-state index in [1.807, 2.05) is 0 Å². The number of nitrogens with zero attached hydrogens (tertiary/aromatic N) is 1. The molecule has 0 atom stereocenters. The third kappa shape index (κ3) is 0.942. The van der Waals surface area contributed by atoms with Gasteiger partial charge in [-0.15, -0.1) is 0 Å². The van der Waals surface area contributed by atoms with Gasteiger partial charge in [0.1, 0.15) is 12.4 Å². The summed E-state index contributed by atoms with van der Waals surface area (Å²) in [6, 6.07) is 4.54. The number of fused-ring (bicyclic) bond motifs is 1. The maximum absolute atomic E-state index is 13.0. The molecule has 1 aromatic carbocycles. The molecule has 0 saturated heterocycles. The molecule has 0 radical (unpaired) electrons. The predicted molar refractivity (Wildman–Crippen MR) is 43.2 cm³/mol. The van der Waals surface area contributed by atoms with Crippen molar-refractivity contribution in [3.05, 3.63) is 35.1 Å². The van der Waals surface area contributed by atoms with Crippen LogP contribution in [0.3, 0.4) is 0 Å². The first-order chi connectivity index (χ1) is 5.79. The van der Waals surface area contributed by atoms with Crippen molar-refractivity contribution in [2.24, 2.45) is 4.99 Å². The smallest absolute Gasteiger partial charge is 0.187 e. The summed E-state index contributed by atoms with van der Waals surface area (Å²) in [6.07, 6.45) is 1.53. The van der Waals surface area contributed by atoms with Gasteiger partial charge >= 0.3 is 0 Å². The Morgan fingerprint density at radius 2 is 2.25 bits per heavy atom. The Bertz CT molecular complexity index is 371. The van der Waals surface area contributed by atoms with Gasteiger partial charge in [-0.05, 0) is 6.07 Å². The first-order valence-electron chi connectivity index (χ1n) is 3.60. The molecular formula is C9H6FNO. The summed E-state index contributed by atoms with van der Waals surface area (Å²) in [5.74, 6) is -0.700. The van der Waals surface area contributed by atoms with Crippen molar-refractivity contribution in [2.45, 2.75) is 0 Å². The molecule has 0 aromatic heterocycles. The molecule has 1 aromatic rings. The summed E-state index contributed by atoms with van der Waals surface area (Å²) in [7, 11) is 0. The summed E-state index contributed by atoms with van der Waals surface area (Å²) in [4.78, 5) is 15.0. The Balaban J connectivity index is 2.70. The van der Waals surface area contributed by atoms with Crippen molar-refractivity contribution in [1.29, 1.82) is 0 Å². The molecule has 0 aliphatic carbocycles. The molecule has 0 fully saturated rings. The van der Waals surface area contributed by atoms with Crippen molar-refractivity contribution < 1.29 is 9.18 Å². The lowest BCUT2D eigenvalue weighted by molar-refractivity contribution is 0.0996. The van der Waals surface area contributed by atoms with Crippen LogP contribution in [0, 0.1) is 5.82 Å². The van der Waals surface area contributed by atoms with E-state index in [0.717, 1.165) is 0 Å². The number of hydrogen-bond acceptors (Lipinski definition) is 2. The molecule has 0 unspecified atom stereocenters. The number of halogens is 1. The number of aliphatic imine (C=N–C) groups is 1. The monoisotopic (exact) mass is 163 g/mol. The lowest BCUT2D eigenvalue weighted by Crippen LogP contribution is -2.14. The summed E-state index contributed by atoms with van der Waals surface area (Å²) in [5, 5.41) is 0. The van der Waals surface area contributed by atoms with Crippen LogP contribution in [0.1, 0.15) is 15.9 Å². The van der Waals surface area contributed by atoms with E-state index in [1.54, 1.807) is 12.1 Å². The van der Waals surface area contributed by atoms with E-state index in [1.165, 1.54) is 12.3 Å². The van der Waals surface area contributed by atoms with Crippen LogP contribution < -0.4 is 0 Å². The predicted octanol–water partition coefficient (Wildman–Crippen LogP) is 1.44. The number of hydrogen-bond donors (Lipinski definition) is 0. The average Bonchev–Trinajstić information content (AvgIpc) is 2.04. The van der Waals surface area contributed by atoms with Crippen LogP contribution in [0.4, 0.5) is 4.39 Å². The van der Waals surface area contributed by atoms with Crippen LogP contribution in [-0.2, 0) is 0 Å². The van der Waals surface area contributed by atoms with E-state index in [4.69, 9.17) is 0 Å². The highest BCUT2D eigenvalue weighted by Crippen LogP contribution is 2.15. The van der Waals surface area contributed by atoms with Gasteiger partial charge in [0.05, 0.1) is 5.56 Å². The molecule has 0 saturated carbocycles. The standard InChI is InChI=1S/C9H6FNO/c10-7-3-1-2-6-4-11-5-8(12)9(6)7/h1-4H,5H2. The average molecular weight is 163 g/mol. The highest BCUT2D eigenvalue weighted by Gasteiger charge is 2.17. The summed E-state index contributed by atoms with van der Waals surface area (Å²) >= 11 is 0. The molecule has 2 rings (SSSR count). The van der Waals surface area contributed by atoms with Crippen LogP contribution in [-0.4, -0.2) is 18.5 Å². The minimum absolute atomic E-state index is 0.0634. The third-order valence-electron chi connectivity index (χ3n) is 1.79. The van der Waals surface area contributed by atoms with Crippen LogP contribution >= 0.6 is 0 Å². The van der Waals surface area contributed by atoms with E-state index >= 15 is 0 Å². The van der Waals surface area contributed by atoms with Crippen molar-refractivity contribution in [1.82, 2.24) is 0 Å². The molecule has 1 aliphatic heterocycles. The Hall–Kier alpha value is -1.51. The fourth-order valence-corrected chi connectivity index (χ4v) is 1.25. The van der Waals surface area contributed by atoms with Crippen LogP contribution in [0.2, 0.25) is 0 Å². The van der Waals surface area contributed by atoms with Gasteiger partial charge in [-0.3, -0.25) is 9.79 Å². The molecule has 1 aliphatic rings. The zero-order chi connectivity index (χ0) is 8.55. The van der Waals surface area contributed by atoms with Crippen molar-refractivity contribution >= 4 is 12.0 Å². The molecule has 1 heterocycles. The van der Waals surface area contributed by atoms with E-state index in [2.05, 4.69) is 4.99 Å². The van der Waals surface area contributed by atoms with Gasteiger partial charge in [0.15, 0.2) is 5.78 Å². The highest BCUT2D eigenvalue weighted by atomic mass is 19.1. The molecule has 2 nitrogen and oxygen atoms in total. The van der Waals surface area contributed by atoms with E-state index in [9.17, 15) is 9.18 Å². The van der Waals surface area contributed by atoms with Gasteiger partial charge in [-0.2, -0.15) is 0 Å². The number of Topliss-reactive ketones (excluding diaryl/α,β-unsaturated/α-hetero) is 1. The van der Waals surface area contributed by atoms with Gasteiger partial charge < -0.3 is 0 Å². The lowest BCUT2D eigenvalue weighted by Gasteiger charge is -2.08. The lowest BCUT2D eigenvalue weighted by atomic mass is 10.0. The quantitative estimate of drug-likeness (QED) is 0.569. The number of benzene rings is 1. The largest absolute Gasteiger partial charge is 0.292 e. The molecule has 3 heteroatoms. The number of carbonyl (C=O) groups excluding carboxylic acids is 1. The molecule has 0 N–H and O–H groups in total. The molecule has 0 amide bonds. The Kier molecular flexibility index (Phi) is 1.50. The van der Waals surface area contributed by atoms with Gasteiger partial charge in [0, 0.05) is 11.8 Å². The number of carbonyl (C=O) groups is 1. The molecule has 0 spiro atoms. The SMILES string of the molecule is O=C1CN=Cc2cccc(F)c21. The second-order valence-electron chi connectivity index (χ2n) is 2.60. The van der Waals surface area contributed by atoms with E-state index < -0.39 is 5.82 Å². The second kappa shape index (κ2) is 2.52. The zero-order valence-electron chi connectivity index (χ0n) is 6.25. The first kappa shape index (κ1) is 7.16. The zero-order valence-corrected chi connectivity index (χ0v) is 6.25. The molecule has 60 valence electrons. The fraction of sp³-hybridized carbons (Fsp3) is 0.111. The van der Waals surface area contributed by atoms with Gasteiger partial charge in [-0.1, -0.05) is 12.1 Å². The second-order valence-corrected chi connectivity index (χ2v) is 2.60. The van der Waals surface area contributed by atoms with E-state index in [-0.39, 0.29) is 17.9 Å². The minimum atomic E-state index is -0.455. The maximum Gasteiger partial charge on any atom is 0.187 e. The van der Waals surface area contributed by atoms with E-state index in [0.29, 0.717) is 5.56 Å². The summed E-state index contributed by atoms with van der Waals surface area (Å²) < 4.78 is 13.0.